The molecular weight excluding hydrogens is 280 g/mol. The fraction of sp³-hybridized carbons (Fsp3) is 0.429. The van der Waals surface area contributed by atoms with Crippen LogP contribution < -0.4 is 0 Å². The van der Waals surface area contributed by atoms with Gasteiger partial charge in [-0.15, -0.1) is 0 Å². The summed E-state index contributed by atoms with van der Waals surface area (Å²) in [5.41, 5.74) is 0.0423. The van der Waals surface area contributed by atoms with Crippen molar-refractivity contribution in [2.24, 2.45) is 0 Å². The lowest BCUT2D eigenvalue weighted by atomic mass is 10.1. The average molecular weight is 295 g/mol. The van der Waals surface area contributed by atoms with Gasteiger partial charge in [0.05, 0.1) is 13.2 Å². The molecule has 1 aromatic heterocycles. The van der Waals surface area contributed by atoms with Crippen LogP contribution in [-0.2, 0) is 11.3 Å². The number of ether oxygens (including phenoxy) is 1. The first kappa shape index (κ1) is 14.1. The number of hydrogen-bond acceptors (Lipinski definition) is 5. The number of rotatable bonds is 3. The van der Waals surface area contributed by atoms with Gasteiger partial charge in [-0.1, -0.05) is 11.2 Å². The Morgan fingerprint density at radius 3 is 2.76 bits per heavy atom. The molecule has 0 radical (unpaired) electrons. The van der Waals surface area contributed by atoms with E-state index in [9.17, 15) is 8.78 Å². The van der Waals surface area contributed by atoms with Crippen LogP contribution in [0.3, 0.4) is 0 Å². The highest BCUT2D eigenvalue weighted by Gasteiger charge is 2.30. The molecule has 7 heteroatoms. The molecule has 1 aliphatic rings. The second-order valence-corrected chi connectivity index (χ2v) is 4.94. The first-order valence-corrected chi connectivity index (χ1v) is 6.70. The Labute approximate surface area is 120 Å². The standard InChI is InChI=1S/C14H15F2N3O2/c1-9-17-14(21-18-9)13-8-20-6-5-19(13)7-10-11(15)3-2-4-12(10)16/h2-4,13H,5-8H2,1H3. The van der Waals surface area contributed by atoms with Crippen LogP contribution in [0.1, 0.15) is 23.3 Å². The molecular formula is C14H15F2N3O2. The number of benzene rings is 1. The van der Waals surface area contributed by atoms with Crippen molar-refractivity contribution in [2.45, 2.75) is 19.5 Å². The highest BCUT2D eigenvalue weighted by atomic mass is 19.1. The third-order valence-electron chi connectivity index (χ3n) is 3.49. The minimum Gasteiger partial charge on any atom is -0.378 e. The van der Waals surface area contributed by atoms with Crippen molar-refractivity contribution in [3.63, 3.8) is 0 Å². The van der Waals surface area contributed by atoms with E-state index in [0.717, 1.165) is 0 Å². The Balaban J connectivity index is 1.85. The summed E-state index contributed by atoms with van der Waals surface area (Å²) in [6, 6.07) is 3.57. The van der Waals surface area contributed by atoms with Crippen LogP contribution in [0.25, 0.3) is 0 Å². The molecule has 2 heterocycles. The van der Waals surface area contributed by atoms with Gasteiger partial charge in [-0.25, -0.2) is 8.78 Å². The zero-order valence-corrected chi connectivity index (χ0v) is 11.6. The predicted molar refractivity (Wildman–Crippen MR) is 69.4 cm³/mol. The van der Waals surface area contributed by atoms with E-state index in [1.807, 2.05) is 4.90 Å². The number of halogens is 2. The van der Waals surface area contributed by atoms with Gasteiger partial charge in [0.15, 0.2) is 5.82 Å². The number of hydrogen-bond donors (Lipinski definition) is 0. The van der Waals surface area contributed by atoms with Gasteiger partial charge < -0.3 is 9.26 Å². The molecule has 0 N–H and O–H groups in total. The molecule has 0 bridgehead atoms. The van der Waals surface area contributed by atoms with Crippen molar-refractivity contribution >= 4 is 0 Å². The molecule has 0 spiro atoms. The van der Waals surface area contributed by atoms with Crippen LogP contribution in [0.4, 0.5) is 8.78 Å². The molecule has 2 aromatic rings. The lowest BCUT2D eigenvalue weighted by Gasteiger charge is -2.33. The molecule has 3 rings (SSSR count). The Kier molecular flexibility index (Phi) is 3.94. The largest absolute Gasteiger partial charge is 0.378 e. The minimum atomic E-state index is -0.554. The minimum absolute atomic E-state index is 0.0423. The van der Waals surface area contributed by atoms with Crippen molar-refractivity contribution in [1.82, 2.24) is 15.0 Å². The molecule has 5 nitrogen and oxygen atoms in total. The van der Waals surface area contributed by atoms with E-state index >= 15 is 0 Å². The quantitative estimate of drug-likeness (QED) is 0.869. The SMILES string of the molecule is Cc1noc(C2COCCN2Cc2c(F)cccc2F)n1. The number of nitrogens with zero attached hydrogens (tertiary/aromatic N) is 3. The molecule has 0 amide bonds. The summed E-state index contributed by atoms with van der Waals surface area (Å²) in [7, 11) is 0. The summed E-state index contributed by atoms with van der Waals surface area (Å²) in [5, 5.41) is 3.75. The van der Waals surface area contributed by atoms with Gasteiger partial charge in [-0.2, -0.15) is 4.98 Å². The number of aryl methyl sites for hydroxylation is 1. The summed E-state index contributed by atoms with van der Waals surface area (Å²) >= 11 is 0. The maximum absolute atomic E-state index is 13.8. The van der Waals surface area contributed by atoms with E-state index in [2.05, 4.69) is 10.1 Å². The fourth-order valence-electron chi connectivity index (χ4n) is 2.39. The Bertz CT molecular complexity index is 612. The molecule has 1 aromatic carbocycles. The van der Waals surface area contributed by atoms with Crippen LogP contribution in [0.15, 0.2) is 22.7 Å². The van der Waals surface area contributed by atoms with Crippen molar-refractivity contribution in [2.75, 3.05) is 19.8 Å². The molecule has 0 saturated carbocycles. The van der Waals surface area contributed by atoms with Gasteiger partial charge in [-0.3, -0.25) is 4.90 Å². The van der Waals surface area contributed by atoms with E-state index < -0.39 is 11.6 Å². The van der Waals surface area contributed by atoms with Gasteiger partial charge in [0.2, 0.25) is 5.89 Å². The summed E-state index contributed by atoms with van der Waals surface area (Å²) in [5.74, 6) is -0.180. The fourth-order valence-corrected chi connectivity index (χ4v) is 2.39. The van der Waals surface area contributed by atoms with Crippen LogP contribution in [0.2, 0.25) is 0 Å². The van der Waals surface area contributed by atoms with Gasteiger partial charge in [0, 0.05) is 18.7 Å². The molecule has 0 aliphatic carbocycles. The molecule has 1 unspecified atom stereocenters. The van der Waals surface area contributed by atoms with E-state index in [4.69, 9.17) is 9.26 Å². The number of aromatic nitrogens is 2. The molecule has 112 valence electrons. The Morgan fingerprint density at radius 2 is 2.10 bits per heavy atom. The topological polar surface area (TPSA) is 51.4 Å². The van der Waals surface area contributed by atoms with Gasteiger partial charge in [0.25, 0.3) is 0 Å². The molecule has 1 fully saturated rings. The lowest BCUT2D eigenvalue weighted by Crippen LogP contribution is -2.39. The summed E-state index contributed by atoms with van der Waals surface area (Å²) in [4.78, 5) is 6.07. The first-order valence-electron chi connectivity index (χ1n) is 6.70. The maximum Gasteiger partial charge on any atom is 0.246 e. The van der Waals surface area contributed by atoms with Gasteiger partial charge in [-0.05, 0) is 19.1 Å². The monoisotopic (exact) mass is 295 g/mol. The normalized spacial score (nSPS) is 19.9. The van der Waals surface area contributed by atoms with Crippen molar-refractivity contribution in [3.8, 4) is 0 Å². The average Bonchev–Trinajstić information content (AvgIpc) is 2.90. The Hall–Kier alpha value is -1.86. The van der Waals surface area contributed by atoms with Crippen molar-refractivity contribution in [1.29, 1.82) is 0 Å². The van der Waals surface area contributed by atoms with E-state index in [-0.39, 0.29) is 18.2 Å². The highest BCUT2D eigenvalue weighted by Crippen LogP contribution is 2.26. The third-order valence-corrected chi connectivity index (χ3v) is 3.49. The van der Waals surface area contributed by atoms with Crippen LogP contribution >= 0.6 is 0 Å². The van der Waals surface area contributed by atoms with Crippen LogP contribution in [0.5, 0.6) is 0 Å². The van der Waals surface area contributed by atoms with Gasteiger partial charge >= 0.3 is 0 Å². The molecule has 21 heavy (non-hydrogen) atoms. The van der Waals surface area contributed by atoms with E-state index in [1.165, 1.54) is 18.2 Å². The van der Waals surface area contributed by atoms with Crippen LogP contribution in [0, 0.1) is 18.6 Å². The van der Waals surface area contributed by atoms with Gasteiger partial charge in [0.1, 0.15) is 17.7 Å². The first-order chi connectivity index (χ1) is 10.1. The second-order valence-electron chi connectivity index (χ2n) is 4.94. The molecule has 1 atom stereocenters. The van der Waals surface area contributed by atoms with Crippen molar-refractivity contribution in [3.05, 3.63) is 47.1 Å². The maximum atomic E-state index is 13.8. The second kappa shape index (κ2) is 5.87. The summed E-state index contributed by atoms with van der Waals surface area (Å²) < 4.78 is 38.2. The predicted octanol–water partition coefficient (Wildman–Crippen LogP) is 2.23. The third kappa shape index (κ3) is 2.93. The lowest BCUT2D eigenvalue weighted by molar-refractivity contribution is -0.0249. The number of morpholine rings is 1. The van der Waals surface area contributed by atoms with E-state index in [1.54, 1.807) is 6.92 Å². The highest BCUT2D eigenvalue weighted by molar-refractivity contribution is 5.20. The summed E-state index contributed by atoms with van der Waals surface area (Å²) in [6.45, 7) is 3.25. The van der Waals surface area contributed by atoms with E-state index in [0.29, 0.717) is 31.5 Å². The van der Waals surface area contributed by atoms with Crippen LogP contribution in [-0.4, -0.2) is 34.8 Å². The molecule has 1 aliphatic heterocycles. The zero-order valence-electron chi connectivity index (χ0n) is 11.6. The Morgan fingerprint density at radius 1 is 1.33 bits per heavy atom. The smallest absolute Gasteiger partial charge is 0.246 e. The molecule has 1 saturated heterocycles. The van der Waals surface area contributed by atoms with Crippen molar-refractivity contribution < 1.29 is 18.0 Å². The zero-order chi connectivity index (χ0) is 14.8. The summed E-state index contributed by atoms with van der Waals surface area (Å²) in [6.07, 6.45) is 0.